The molecule has 0 radical (unpaired) electrons. The number of nitrogens with one attached hydrogen (secondary N) is 3. The van der Waals surface area contributed by atoms with E-state index in [2.05, 4.69) is 20.6 Å². The van der Waals surface area contributed by atoms with Gasteiger partial charge < -0.3 is 26.3 Å². The molecule has 2 aromatic rings. The lowest BCUT2D eigenvalue weighted by Gasteiger charge is -2.37. The summed E-state index contributed by atoms with van der Waals surface area (Å²) in [6, 6.07) is 5.97. The minimum absolute atomic E-state index is 0.0209. The van der Waals surface area contributed by atoms with Crippen LogP contribution in [0.2, 0.25) is 0 Å². The number of hydrogen-bond donors (Lipinski definition) is 4. The van der Waals surface area contributed by atoms with E-state index in [4.69, 9.17) is 5.73 Å². The number of aromatic amines is 1. The summed E-state index contributed by atoms with van der Waals surface area (Å²) < 4.78 is 0. The predicted molar refractivity (Wildman–Crippen MR) is 127 cm³/mol. The maximum absolute atomic E-state index is 12.6. The number of carbonyl (C=O) groups excluding carboxylic acids is 1. The van der Waals surface area contributed by atoms with E-state index in [1.807, 2.05) is 30.1 Å². The normalized spacial score (nSPS) is 19.7. The van der Waals surface area contributed by atoms with Crippen molar-refractivity contribution in [3.63, 3.8) is 0 Å². The number of aromatic nitrogens is 2. The molecule has 2 aromatic heterocycles. The molecule has 170 valence electrons. The van der Waals surface area contributed by atoms with Crippen LogP contribution in [0.3, 0.4) is 0 Å². The highest BCUT2D eigenvalue weighted by Gasteiger charge is 2.39. The smallest absolute Gasteiger partial charge is 0.271 e. The second-order valence-electron chi connectivity index (χ2n) is 8.64. The average molecular weight is 437 g/mol. The van der Waals surface area contributed by atoms with Crippen molar-refractivity contribution in [1.29, 1.82) is 0 Å². The number of anilines is 2. The molecule has 0 aromatic carbocycles. The van der Waals surface area contributed by atoms with Crippen molar-refractivity contribution < 1.29 is 4.79 Å². The van der Waals surface area contributed by atoms with Gasteiger partial charge in [0.15, 0.2) is 0 Å². The van der Waals surface area contributed by atoms with Crippen LogP contribution in [0.25, 0.3) is 11.1 Å². The number of H-pyrrole nitrogens is 1. The summed E-state index contributed by atoms with van der Waals surface area (Å²) in [6.45, 7) is 1.84. The molecule has 1 saturated heterocycles. The van der Waals surface area contributed by atoms with Gasteiger partial charge in [0.1, 0.15) is 11.5 Å². The monoisotopic (exact) mass is 436 g/mol. The van der Waals surface area contributed by atoms with Gasteiger partial charge in [0.05, 0.1) is 0 Å². The Morgan fingerprint density at radius 2 is 2.16 bits per heavy atom. The van der Waals surface area contributed by atoms with Crippen LogP contribution in [0.15, 0.2) is 47.5 Å². The summed E-state index contributed by atoms with van der Waals surface area (Å²) in [5.74, 6) is 1.64. The molecule has 2 aliphatic rings. The van der Waals surface area contributed by atoms with Crippen molar-refractivity contribution in [2.75, 3.05) is 37.3 Å². The van der Waals surface area contributed by atoms with E-state index < -0.39 is 0 Å². The van der Waals surface area contributed by atoms with Gasteiger partial charge in [-0.15, -0.1) is 0 Å². The Morgan fingerprint density at radius 1 is 1.31 bits per heavy atom. The number of hydrogen-bond acceptors (Lipinski definition) is 6. The van der Waals surface area contributed by atoms with Gasteiger partial charge in [-0.2, -0.15) is 0 Å². The zero-order chi connectivity index (χ0) is 22.5. The fraction of sp³-hybridized carbons (Fsp3) is 0.458. The molecule has 32 heavy (non-hydrogen) atoms. The molecule has 1 aliphatic carbocycles. The maximum atomic E-state index is 12.6. The van der Waals surface area contributed by atoms with E-state index >= 15 is 0 Å². The van der Waals surface area contributed by atoms with E-state index in [-0.39, 0.29) is 17.5 Å². The largest absolute Gasteiger partial charge is 0.377 e. The van der Waals surface area contributed by atoms with Gasteiger partial charge in [0, 0.05) is 56.8 Å². The number of nitrogens with two attached hydrogens (primary N) is 1. The molecule has 3 heterocycles. The zero-order valence-corrected chi connectivity index (χ0v) is 18.5. The summed E-state index contributed by atoms with van der Waals surface area (Å²) in [4.78, 5) is 34.2. The summed E-state index contributed by atoms with van der Waals surface area (Å²) in [5, 5.41) is 6.61. The Balaban J connectivity index is 1.54. The van der Waals surface area contributed by atoms with Crippen LogP contribution in [0, 0.1) is 11.8 Å². The molecule has 0 spiro atoms. The summed E-state index contributed by atoms with van der Waals surface area (Å²) in [7, 11) is 1.83. The third kappa shape index (κ3) is 5.19. The van der Waals surface area contributed by atoms with Crippen LogP contribution in [0.4, 0.5) is 11.5 Å². The second kappa shape index (κ2) is 9.99. The quantitative estimate of drug-likeness (QED) is 0.472. The van der Waals surface area contributed by atoms with Crippen LogP contribution >= 0.6 is 0 Å². The van der Waals surface area contributed by atoms with Crippen molar-refractivity contribution in [3.05, 3.63) is 53.1 Å². The minimum atomic E-state index is -0.128. The van der Waals surface area contributed by atoms with Gasteiger partial charge in [-0.05, 0) is 61.3 Å². The first-order valence-corrected chi connectivity index (χ1v) is 11.4. The Hall–Kier alpha value is -3.13. The van der Waals surface area contributed by atoms with Crippen LogP contribution in [-0.4, -0.2) is 53.5 Å². The van der Waals surface area contributed by atoms with Gasteiger partial charge in [-0.3, -0.25) is 9.59 Å². The molecule has 1 unspecified atom stereocenters. The number of likely N-dealkylation sites (tertiary alicyclic amines) is 1. The molecule has 8 heteroatoms. The van der Waals surface area contributed by atoms with Crippen LogP contribution in [0.5, 0.6) is 0 Å². The molecule has 8 nitrogen and oxygen atoms in total. The number of amides is 1. The lowest BCUT2D eigenvalue weighted by Crippen LogP contribution is -2.46. The van der Waals surface area contributed by atoms with Gasteiger partial charge in [-0.25, -0.2) is 4.98 Å². The number of rotatable bonds is 8. The van der Waals surface area contributed by atoms with Gasteiger partial charge in [0.25, 0.3) is 5.56 Å². The fourth-order valence-electron chi connectivity index (χ4n) is 4.54. The highest BCUT2D eigenvalue weighted by Crippen LogP contribution is 2.40. The summed E-state index contributed by atoms with van der Waals surface area (Å²) in [5.41, 5.74) is 7.85. The zero-order valence-electron chi connectivity index (χ0n) is 18.5. The highest BCUT2D eigenvalue weighted by atomic mass is 16.2. The van der Waals surface area contributed by atoms with E-state index in [1.165, 1.54) is 0 Å². The van der Waals surface area contributed by atoms with Crippen LogP contribution in [-0.2, 0) is 4.79 Å². The molecule has 1 amide bonds. The first-order chi connectivity index (χ1) is 15.6. The average Bonchev–Trinajstić information content (AvgIpc) is 3.67. The molecule has 0 bridgehead atoms. The van der Waals surface area contributed by atoms with Crippen molar-refractivity contribution in [2.45, 2.75) is 31.7 Å². The van der Waals surface area contributed by atoms with Gasteiger partial charge in [0.2, 0.25) is 5.91 Å². The predicted octanol–water partition coefficient (Wildman–Crippen LogP) is 2.42. The molecule has 1 aliphatic heterocycles. The third-order valence-corrected chi connectivity index (χ3v) is 6.38. The number of nitrogens with zero attached hydrogens (tertiary/aromatic N) is 2. The first kappa shape index (κ1) is 22.1. The van der Waals surface area contributed by atoms with Crippen LogP contribution < -0.4 is 21.9 Å². The van der Waals surface area contributed by atoms with E-state index in [0.29, 0.717) is 30.6 Å². The SMILES string of the molecule is CNc1cc(-c2c[nH]c(=O)c(N[C@@H](C3CC3)C3CCCN(C(=O)/C=C/CN)C3)c2)ccn1. The Bertz CT molecular complexity index is 1030. The number of carbonyl (C=O) groups is 1. The molecule has 2 atom stereocenters. The minimum Gasteiger partial charge on any atom is -0.377 e. The second-order valence-corrected chi connectivity index (χ2v) is 8.64. The fourth-order valence-corrected chi connectivity index (χ4v) is 4.54. The van der Waals surface area contributed by atoms with Crippen molar-refractivity contribution >= 4 is 17.4 Å². The highest BCUT2D eigenvalue weighted by molar-refractivity contribution is 5.87. The molecule has 2 fully saturated rings. The summed E-state index contributed by atoms with van der Waals surface area (Å²) >= 11 is 0. The van der Waals surface area contributed by atoms with E-state index in [0.717, 1.165) is 49.2 Å². The lowest BCUT2D eigenvalue weighted by atomic mass is 9.87. The maximum Gasteiger partial charge on any atom is 0.271 e. The molecule has 5 N–H and O–H groups in total. The van der Waals surface area contributed by atoms with Crippen molar-refractivity contribution in [2.24, 2.45) is 17.6 Å². The third-order valence-electron chi connectivity index (χ3n) is 6.38. The Kier molecular flexibility index (Phi) is 6.90. The van der Waals surface area contributed by atoms with Crippen molar-refractivity contribution in [1.82, 2.24) is 14.9 Å². The Morgan fingerprint density at radius 3 is 2.91 bits per heavy atom. The topological polar surface area (TPSA) is 116 Å². The van der Waals surface area contributed by atoms with Gasteiger partial charge >= 0.3 is 0 Å². The number of pyridine rings is 2. The van der Waals surface area contributed by atoms with E-state index in [9.17, 15) is 9.59 Å². The molecule has 4 rings (SSSR count). The molecular weight excluding hydrogens is 404 g/mol. The van der Waals surface area contributed by atoms with Crippen molar-refractivity contribution in [3.8, 4) is 11.1 Å². The Labute approximate surface area is 188 Å². The molecular formula is C24H32N6O2. The van der Waals surface area contributed by atoms with Gasteiger partial charge in [-0.1, -0.05) is 6.08 Å². The first-order valence-electron chi connectivity index (χ1n) is 11.4. The number of piperidine rings is 1. The molecule has 1 saturated carbocycles. The van der Waals surface area contributed by atoms with E-state index in [1.54, 1.807) is 24.5 Å². The lowest BCUT2D eigenvalue weighted by molar-refractivity contribution is -0.127. The van der Waals surface area contributed by atoms with Crippen LogP contribution in [0.1, 0.15) is 25.7 Å². The summed E-state index contributed by atoms with van der Waals surface area (Å²) in [6.07, 6.45) is 11.1. The standard InChI is InChI=1S/C24H32N6O2/c1-26-21-13-17(8-10-27-21)19-12-20(24(32)28-14-19)29-23(16-6-7-16)18-4-3-11-30(15-18)22(31)5-2-9-25/h2,5,8,10,12-14,16,18,23,29H,3-4,6-7,9,11,15,25H2,1H3,(H,26,27)(H,28,32)/b5-2+/t18?,23-/m0/s1.